The third kappa shape index (κ3) is 3.15. The van der Waals surface area contributed by atoms with Crippen LogP contribution in [0, 0.1) is 0 Å². The van der Waals surface area contributed by atoms with Crippen LogP contribution in [0.15, 0.2) is 22.7 Å². The van der Waals surface area contributed by atoms with Crippen molar-refractivity contribution < 1.29 is 0 Å². The number of fused-ring (bicyclic) bond motifs is 1. The quantitative estimate of drug-likeness (QED) is 0.907. The maximum atomic E-state index is 6.06. The van der Waals surface area contributed by atoms with Gasteiger partial charge in [-0.1, -0.05) is 15.9 Å². The second kappa shape index (κ2) is 6.14. The van der Waals surface area contributed by atoms with E-state index in [2.05, 4.69) is 64.1 Å². The summed E-state index contributed by atoms with van der Waals surface area (Å²) in [5.74, 6) is 0.588. The van der Waals surface area contributed by atoms with Crippen LogP contribution in [0.5, 0.6) is 0 Å². The topological polar surface area (TPSA) is 47.1 Å². The van der Waals surface area contributed by atoms with Gasteiger partial charge >= 0.3 is 0 Å². The molecule has 0 saturated heterocycles. The third-order valence-corrected chi connectivity index (χ3v) is 4.14. The molecule has 2 N–H and O–H groups in total. The summed E-state index contributed by atoms with van der Waals surface area (Å²) < 4.78 is 3.13. The summed E-state index contributed by atoms with van der Waals surface area (Å²) in [6.07, 6.45) is 0. The van der Waals surface area contributed by atoms with E-state index in [1.165, 1.54) is 0 Å². The number of benzene rings is 1. The van der Waals surface area contributed by atoms with E-state index in [1.807, 2.05) is 12.1 Å². The molecule has 0 aliphatic heterocycles. The molecular formula is C15H23BrN4. The van der Waals surface area contributed by atoms with Crippen LogP contribution in [-0.4, -0.2) is 33.1 Å². The number of hydrogen-bond donors (Lipinski definition) is 1. The number of imidazole rings is 1. The predicted octanol–water partition coefficient (Wildman–Crippen LogP) is 3.50. The SMILES string of the molecule is CC(C)N(CCn1c(N)nc2cc(Br)ccc21)C(C)C. The fourth-order valence-electron chi connectivity index (χ4n) is 2.68. The molecule has 0 aliphatic rings. The first kappa shape index (κ1) is 15.3. The Hall–Kier alpha value is -1.07. The standard InChI is InChI=1S/C15H23BrN4/c1-10(2)19(11(3)4)7-8-20-14-6-5-12(16)9-13(14)18-15(20)17/h5-6,9-11H,7-8H2,1-4H3,(H2,17,18). The molecule has 1 aromatic carbocycles. The first-order chi connectivity index (χ1) is 9.40. The maximum absolute atomic E-state index is 6.06. The van der Waals surface area contributed by atoms with Crippen molar-refractivity contribution in [2.45, 2.75) is 46.3 Å². The first-order valence-electron chi connectivity index (χ1n) is 7.07. The fourth-order valence-corrected chi connectivity index (χ4v) is 3.03. The normalized spacial score (nSPS) is 12.2. The largest absolute Gasteiger partial charge is 0.369 e. The second-order valence-corrected chi connectivity index (χ2v) is 6.60. The number of rotatable bonds is 5. The van der Waals surface area contributed by atoms with Crippen molar-refractivity contribution in [3.8, 4) is 0 Å². The van der Waals surface area contributed by atoms with E-state index in [-0.39, 0.29) is 0 Å². The zero-order valence-electron chi connectivity index (χ0n) is 12.6. The summed E-state index contributed by atoms with van der Waals surface area (Å²) in [6, 6.07) is 7.16. The molecule has 0 radical (unpaired) electrons. The molecule has 2 aromatic rings. The Morgan fingerprint density at radius 2 is 1.90 bits per heavy atom. The zero-order chi connectivity index (χ0) is 14.9. The van der Waals surface area contributed by atoms with Gasteiger partial charge in [-0.05, 0) is 45.9 Å². The summed E-state index contributed by atoms with van der Waals surface area (Å²) in [5, 5.41) is 0. The van der Waals surface area contributed by atoms with Gasteiger partial charge in [-0.3, -0.25) is 4.90 Å². The monoisotopic (exact) mass is 338 g/mol. The number of nitrogen functional groups attached to an aromatic ring is 1. The molecule has 110 valence electrons. The zero-order valence-corrected chi connectivity index (χ0v) is 14.2. The van der Waals surface area contributed by atoms with Crippen LogP contribution in [0.3, 0.4) is 0 Å². The average molecular weight is 339 g/mol. The van der Waals surface area contributed by atoms with Crippen molar-refractivity contribution in [1.82, 2.24) is 14.5 Å². The van der Waals surface area contributed by atoms with Gasteiger partial charge in [0.2, 0.25) is 5.95 Å². The summed E-state index contributed by atoms with van der Waals surface area (Å²) in [4.78, 5) is 6.90. The lowest BCUT2D eigenvalue weighted by atomic mass is 10.2. The van der Waals surface area contributed by atoms with Gasteiger partial charge in [-0.25, -0.2) is 4.98 Å². The third-order valence-electron chi connectivity index (χ3n) is 3.65. The number of aromatic nitrogens is 2. The highest BCUT2D eigenvalue weighted by molar-refractivity contribution is 9.10. The minimum atomic E-state index is 0.528. The maximum Gasteiger partial charge on any atom is 0.201 e. The van der Waals surface area contributed by atoms with E-state index in [1.54, 1.807) is 0 Å². The summed E-state index contributed by atoms with van der Waals surface area (Å²) in [7, 11) is 0. The smallest absolute Gasteiger partial charge is 0.201 e. The van der Waals surface area contributed by atoms with Crippen LogP contribution >= 0.6 is 15.9 Å². The Morgan fingerprint density at radius 3 is 2.50 bits per heavy atom. The van der Waals surface area contributed by atoms with Crippen molar-refractivity contribution in [1.29, 1.82) is 0 Å². The van der Waals surface area contributed by atoms with Crippen molar-refractivity contribution in [2.24, 2.45) is 0 Å². The Morgan fingerprint density at radius 1 is 1.25 bits per heavy atom. The molecule has 0 saturated carbocycles. The molecule has 0 unspecified atom stereocenters. The van der Waals surface area contributed by atoms with Crippen LogP contribution in [0.4, 0.5) is 5.95 Å². The molecule has 0 spiro atoms. The second-order valence-electron chi connectivity index (χ2n) is 5.68. The van der Waals surface area contributed by atoms with Gasteiger partial charge in [-0.15, -0.1) is 0 Å². The molecule has 0 fully saturated rings. The lowest BCUT2D eigenvalue weighted by Crippen LogP contribution is -2.39. The lowest BCUT2D eigenvalue weighted by molar-refractivity contribution is 0.169. The van der Waals surface area contributed by atoms with Gasteiger partial charge in [0.05, 0.1) is 11.0 Å². The molecule has 5 heteroatoms. The molecule has 20 heavy (non-hydrogen) atoms. The number of nitrogens with two attached hydrogens (primary N) is 1. The van der Waals surface area contributed by atoms with Gasteiger partial charge < -0.3 is 10.3 Å². The Balaban J connectivity index is 2.23. The van der Waals surface area contributed by atoms with Crippen molar-refractivity contribution in [2.75, 3.05) is 12.3 Å². The summed E-state index contributed by atoms with van der Waals surface area (Å²) >= 11 is 3.47. The van der Waals surface area contributed by atoms with E-state index >= 15 is 0 Å². The Kier molecular flexibility index (Phi) is 4.70. The fraction of sp³-hybridized carbons (Fsp3) is 0.533. The van der Waals surface area contributed by atoms with Crippen LogP contribution in [0.25, 0.3) is 11.0 Å². The summed E-state index contributed by atoms with van der Waals surface area (Å²) in [5.41, 5.74) is 8.10. The predicted molar refractivity (Wildman–Crippen MR) is 88.8 cm³/mol. The van der Waals surface area contributed by atoms with Gasteiger partial charge in [0.1, 0.15) is 0 Å². The van der Waals surface area contributed by atoms with Crippen molar-refractivity contribution in [3.05, 3.63) is 22.7 Å². The van der Waals surface area contributed by atoms with Gasteiger partial charge in [0, 0.05) is 29.6 Å². The lowest BCUT2D eigenvalue weighted by Gasteiger charge is -2.30. The van der Waals surface area contributed by atoms with E-state index in [0.717, 1.165) is 28.6 Å². The highest BCUT2D eigenvalue weighted by atomic mass is 79.9. The molecule has 4 nitrogen and oxygen atoms in total. The molecule has 0 atom stereocenters. The molecule has 0 bridgehead atoms. The van der Waals surface area contributed by atoms with E-state index in [0.29, 0.717) is 18.0 Å². The molecule has 0 amide bonds. The minimum Gasteiger partial charge on any atom is -0.369 e. The molecule has 2 rings (SSSR count). The average Bonchev–Trinajstić information content (AvgIpc) is 2.64. The van der Waals surface area contributed by atoms with Crippen LogP contribution in [0.2, 0.25) is 0 Å². The Labute approximate surface area is 129 Å². The Bertz CT molecular complexity index is 581. The van der Waals surface area contributed by atoms with Crippen molar-refractivity contribution in [3.63, 3.8) is 0 Å². The van der Waals surface area contributed by atoms with Crippen LogP contribution < -0.4 is 5.73 Å². The first-order valence-corrected chi connectivity index (χ1v) is 7.86. The molecular weight excluding hydrogens is 316 g/mol. The van der Waals surface area contributed by atoms with Gasteiger partial charge in [-0.2, -0.15) is 0 Å². The highest BCUT2D eigenvalue weighted by Crippen LogP contribution is 2.22. The molecule has 1 heterocycles. The summed E-state index contributed by atoms with van der Waals surface area (Å²) in [6.45, 7) is 10.7. The van der Waals surface area contributed by atoms with E-state index in [9.17, 15) is 0 Å². The highest BCUT2D eigenvalue weighted by Gasteiger charge is 2.15. The minimum absolute atomic E-state index is 0.528. The van der Waals surface area contributed by atoms with Crippen LogP contribution in [0.1, 0.15) is 27.7 Å². The molecule has 0 aliphatic carbocycles. The van der Waals surface area contributed by atoms with Crippen LogP contribution in [-0.2, 0) is 6.54 Å². The van der Waals surface area contributed by atoms with Gasteiger partial charge in [0.15, 0.2) is 0 Å². The number of nitrogens with zero attached hydrogens (tertiary/aromatic N) is 3. The number of hydrogen-bond acceptors (Lipinski definition) is 3. The van der Waals surface area contributed by atoms with Gasteiger partial charge in [0.25, 0.3) is 0 Å². The molecule has 1 aromatic heterocycles. The van der Waals surface area contributed by atoms with Crippen molar-refractivity contribution >= 4 is 32.9 Å². The number of halogens is 1. The van der Waals surface area contributed by atoms with E-state index < -0.39 is 0 Å². The van der Waals surface area contributed by atoms with E-state index in [4.69, 9.17) is 5.73 Å². The number of anilines is 1.